The summed E-state index contributed by atoms with van der Waals surface area (Å²) in [5, 5.41) is 0. The van der Waals surface area contributed by atoms with E-state index in [1.54, 1.807) is 51.5 Å². The zero-order valence-electron chi connectivity index (χ0n) is 14.7. The molecule has 25 heavy (non-hydrogen) atoms. The Hall–Kier alpha value is -2.82. The van der Waals surface area contributed by atoms with Gasteiger partial charge in [0.2, 0.25) is 5.78 Å². The smallest absolute Gasteiger partial charge is 0.306 e. The van der Waals surface area contributed by atoms with E-state index in [0.717, 1.165) is 5.56 Å². The van der Waals surface area contributed by atoms with E-state index in [2.05, 4.69) is 0 Å². The van der Waals surface area contributed by atoms with E-state index >= 15 is 0 Å². The van der Waals surface area contributed by atoms with Gasteiger partial charge in [-0.15, -0.1) is 0 Å². The van der Waals surface area contributed by atoms with Crippen molar-refractivity contribution in [1.82, 2.24) is 0 Å². The molecule has 0 fully saturated rings. The number of hydrogen-bond donors (Lipinski definition) is 0. The number of ether oxygens (including phenoxy) is 3. The lowest BCUT2D eigenvalue weighted by Gasteiger charge is -2.14. The van der Waals surface area contributed by atoms with Crippen LogP contribution in [0.4, 0.5) is 0 Å². The first-order chi connectivity index (χ1) is 12.1. The molecule has 2 aromatic rings. The van der Waals surface area contributed by atoms with Crippen molar-refractivity contribution in [3.63, 3.8) is 0 Å². The number of ketones is 1. The van der Waals surface area contributed by atoms with Crippen LogP contribution in [-0.4, -0.2) is 32.1 Å². The van der Waals surface area contributed by atoms with E-state index in [4.69, 9.17) is 14.2 Å². The quantitative estimate of drug-likeness (QED) is 0.543. The molecule has 0 spiro atoms. The fourth-order valence-corrected chi connectivity index (χ4v) is 2.53. The van der Waals surface area contributed by atoms with Gasteiger partial charge in [0.05, 0.1) is 14.2 Å². The van der Waals surface area contributed by atoms with Gasteiger partial charge in [0.1, 0.15) is 0 Å². The number of carbonyl (C=O) groups is 2. The Morgan fingerprint density at radius 3 is 2.32 bits per heavy atom. The minimum absolute atomic E-state index is 0.149. The molecule has 0 saturated heterocycles. The van der Waals surface area contributed by atoms with Crippen molar-refractivity contribution < 1.29 is 23.8 Å². The van der Waals surface area contributed by atoms with Crippen LogP contribution < -0.4 is 9.47 Å². The van der Waals surface area contributed by atoms with Gasteiger partial charge < -0.3 is 14.2 Å². The van der Waals surface area contributed by atoms with Crippen LogP contribution in [0.25, 0.3) is 0 Å². The molecule has 2 rings (SSSR count). The number of rotatable bonds is 8. The van der Waals surface area contributed by atoms with E-state index in [-0.39, 0.29) is 12.2 Å². The number of benzene rings is 2. The summed E-state index contributed by atoms with van der Waals surface area (Å²) in [4.78, 5) is 24.3. The number of hydrogen-bond acceptors (Lipinski definition) is 5. The summed E-state index contributed by atoms with van der Waals surface area (Å²) in [7, 11) is 3.12. The standard InChI is InChI=1S/C20H22O5/c1-14(19(22)15-8-5-4-6-9-15)25-18(21)13-12-16-10-7-11-17(23-2)20(16)24-3/h4-11,14H,12-13H2,1-3H3. The molecule has 0 aromatic heterocycles. The molecule has 5 nitrogen and oxygen atoms in total. The summed E-state index contributed by atoms with van der Waals surface area (Å²) in [6.07, 6.45) is -0.233. The van der Waals surface area contributed by atoms with Gasteiger partial charge in [0.25, 0.3) is 0 Å². The van der Waals surface area contributed by atoms with Gasteiger partial charge in [-0.3, -0.25) is 9.59 Å². The first-order valence-electron chi connectivity index (χ1n) is 8.05. The van der Waals surface area contributed by atoms with Crippen molar-refractivity contribution in [2.75, 3.05) is 14.2 Å². The van der Waals surface area contributed by atoms with E-state index in [1.807, 2.05) is 18.2 Å². The maximum absolute atomic E-state index is 12.2. The Bertz CT molecular complexity index is 724. The highest BCUT2D eigenvalue weighted by molar-refractivity contribution is 6.00. The normalized spacial score (nSPS) is 11.5. The monoisotopic (exact) mass is 342 g/mol. The number of aryl methyl sites for hydroxylation is 1. The number of methoxy groups -OCH3 is 2. The Labute approximate surface area is 147 Å². The van der Waals surface area contributed by atoms with Gasteiger partial charge in [-0.25, -0.2) is 0 Å². The van der Waals surface area contributed by atoms with Crippen LogP contribution in [0.15, 0.2) is 48.5 Å². The molecule has 2 aromatic carbocycles. The van der Waals surface area contributed by atoms with Gasteiger partial charge >= 0.3 is 5.97 Å². The summed E-state index contributed by atoms with van der Waals surface area (Å²) in [5.41, 5.74) is 1.37. The second-order valence-corrected chi connectivity index (χ2v) is 5.52. The van der Waals surface area contributed by atoms with Crippen molar-refractivity contribution in [1.29, 1.82) is 0 Å². The third kappa shape index (κ3) is 4.83. The molecule has 0 heterocycles. The zero-order valence-corrected chi connectivity index (χ0v) is 14.7. The van der Waals surface area contributed by atoms with Crippen LogP contribution in [0.1, 0.15) is 29.3 Å². The SMILES string of the molecule is COc1cccc(CCC(=O)OC(C)C(=O)c2ccccc2)c1OC. The Balaban J connectivity index is 1.94. The van der Waals surface area contributed by atoms with Crippen molar-refractivity contribution in [2.24, 2.45) is 0 Å². The molecule has 0 bridgehead atoms. The van der Waals surface area contributed by atoms with Gasteiger partial charge in [0, 0.05) is 12.0 Å². The van der Waals surface area contributed by atoms with Gasteiger partial charge in [-0.2, -0.15) is 0 Å². The highest BCUT2D eigenvalue weighted by Gasteiger charge is 2.19. The van der Waals surface area contributed by atoms with Gasteiger partial charge in [-0.1, -0.05) is 42.5 Å². The maximum atomic E-state index is 12.2. The second-order valence-electron chi connectivity index (χ2n) is 5.52. The summed E-state index contributed by atoms with van der Waals surface area (Å²) in [6, 6.07) is 14.3. The fourth-order valence-electron chi connectivity index (χ4n) is 2.53. The minimum Gasteiger partial charge on any atom is -0.493 e. The Morgan fingerprint density at radius 2 is 1.68 bits per heavy atom. The van der Waals surface area contributed by atoms with E-state index in [1.165, 1.54) is 0 Å². The van der Waals surface area contributed by atoms with Crippen molar-refractivity contribution in [3.8, 4) is 11.5 Å². The lowest BCUT2D eigenvalue weighted by molar-refractivity contribution is -0.146. The second kappa shape index (κ2) is 8.87. The van der Waals surface area contributed by atoms with Crippen LogP contribution in [0.3, 0.4) is 0 Å². The molecule has 0 radical (unpaired) electrons. The van der Waals surface area contributed by atoms with E-state index in [0.29, 0.717) is 23.5 Å². The van der Waals surface area contributed by atoms with Gasteiger partial charge in [0.15, 0.2) is 17.6 Å². The largest absolute Gasteiger partial charge is 0.493 e. The summed E-state index contributed by atoms with van der Waals surface area (Å²) in [6.45, 7) is 1.58. The summed E-state index contributed by atoms with van der Waals surface area (Å²) < 4.78 is 15.8. The highest BCUT2D eigenvalue weighted by atomic mass is 16.5. The molecule has 0 amide bonds. The Kier molecular flexibility index (Phi) is 6.57. The third-order valence-electron chi connectivity index (χ3n) is 3.82. The molecule has 0 saturated carbocycles. The third-order valence-corrected chi connectivity index (χ3v) is 3.82. The first kappa shape index (κ1) is 18.5. The molecule has 0 aliphatic carbocycles. The van der Waals surface area contributed by atoms with Crippen LogP contribution in [0.2, 0.25) is 0 Å². The van der Waals surface area contributed by atoms with Crippen molar-refractivity contribution in [2.45, 2.75) is 25.9 Å². The van der Waals surface area contributed by atoms with Crippen LogP contribution in [-0.2, 0) is 16.0 Å². The number of carbonyl (C=O) groups excluding carboxylic acids is 2. The lowest BCUT2D eigenvalue weighted by Crippen LogP contribution is -2.24. The molecule has 132 valence electrons. The van der Waals surface area contributed by atoms with E-state index < -0.39 is 12.1 Å². The number of para-hydroxylation sites is 1. The molecular formula is C20H22O5. The number of Topliss-reactive ketones (excluding diaryl/α,β-unsaturated/α-hetero) is 1. The Morgan fingerprint density at radius 1 is 0.960 bits per heavy atom. The molecule has 5 heteroatoms. The molecule has 1 atom stereocenters. The maximum Gasteiger partial charge on any atom is 0.306 e. The van der Waals surface area contributed by atoms with E-state index in [9.17, 15) is 9.59 Å². The predicted molar refractivity (Wildman–Crippen MR) is 94.2 cm³/mol. The van der Waals surface area contributed by atoms with Crippen LogP contribution >= 0.6 is 0 Å². The summed E-state index contributed by atoms with van der Waals surface area (Å²) in [5.74, 6) is 0.571. The molecule has 0 aliphatic heterocycles. The molecule has 0 aliphatic rings. The average Bonchev–Trinajstić information content (AvgIpc) is 2.65. The first-order valence-corrected chi connectivity index (χ1v) is 8.05. The van der Waals surface area contributed by atoms with Crippen LogP contribution in [0.5, 0.6) is 11.5 Å². The van der Waals surface area contributed by atoms with Crippen molar-refractivity contribution in [3.05, 3.63) is 59.7 Å². The zero-order chi connectivity index (χ0) is 18.2. The predicted octanol–water partition coefficient (Wildman–Crippen LogP) is 3.45. The van der Waals surface area contributed by atoms with Crippen LogP contribution in [0, 0.1) is 0 Å². The lowest BCUT2D eigenvalue weighted by atomic mass is 10.1. The summed E-state index contributed by atoms with van der Waals surface area (Å²) >= 11 is 0. The van der Waals surface area contributed by atoms with Crippen molar-refractivity contribution >= 4 is 11.8 Å². The molecule has 1 unspecified atom stereocenters. The average molecular weight is 342 g/mol. The highest BCUT2D eigenvalue weighted by Crippen LogP contribution is 2.31. The van der Waals surface area contributed by atoms with Gasteiger partial charge in [-0.05, 0) is 25.0 Å². The number of esters is 1. The fraction of sp³-hybridized carbons (Fsp3) is 0.300. The molecular weight excluding hydrogens is 320 g/mol. The topological polar surface area (TPSA) is 61.8 Å². The molecule has 0 N–H and O–H groups in total. The minimum atomic E-state index is -0.817.